The van der Waals surface area contributed by atoms with E-state index >= 15 is 0 Å². The fourth-order valence-electron chi connectivity index (χ4n) is 4.20. The van der Waals surface area contributed by atoms with E-state index in [1.807, 2.05) is 35.2 Å². The summed E-state index contributed by atoms with van der Waals surface area (Å²) >= 11 is 0. The summed E-state index contributed by atoms with van der Waals surface area (Å²) in [6.07, 6.45) is 1.68. The smallest absolute Gasteiger partial charge is 0.254 e. The molecule has 1 atom stereocenters. The van der Waals surface area contributed by atoms with Crippen LogP contribution in [0, 0.1) is 0 Å². The van der Waals surface area contributed by atoms with Gasteiger partial charge in [-0.1, -0.05) is 18.2 Å². The molecule has 0 bridgehead atoms. The number of aromatic nitrogens is 1. The lowest BCUT2D eigenvalue weighted by molar-refractivity contribution is -0.131. The number of hydrogen-bond donors (Lipinski definition) is 0. The minimum absolute atomic E-state index is 0.00510. The molecule has 1 aromatic carbocycles. The molecule has 4 rings (SSSR count). The molecule has 2 amide bonds. The van der Waals surface area contributed by atoms with E-state index in [0.717, 1.165) is 24.5 Å². The van der Waals surface area contributed by atoms with Crippen molar-refractivity contribution in [3.63, 3.8) is 0 Å². The topological polar surface area (TPSA) is 75.2 Å². The number of ether oxygens (including phenoxy) is 2. The summed E-state index contributed by atoms with van der Waals surface area (Å²) in [5.41, 5.74) is 1.49. The van der Waals surface area contributed by atoms with Gasteiger partial charge in [0.1, 0.15) is 11.6 Å². The van der Waals surface area contributed by atoms with E-state index in [-0.39, 0.29) is 17.9 Å². The molecule has 8 nitrogen and oxygen atoms in total. The number of amides is 2. The van der Waals surface area contributed by atoms with E-state index in [4.69, 9.17) is 9.47 Å². The number of anilines is 1. The number of pyridine rings is 1. The lowest BCUT2D eigenvalue weighted by Crippen LogP contribution is -2.52. The van der Waals surface area contributed by atoms with Crippen LogP contribution in [0.5, 0.6) is 5.75 Å². The van der Waals surface area contributed by atoms with E-state index in [1.54, 1.807) is 31.2 Å². The SMILES string of the molecule is COc1ccccc1[C@H]1CN(C(C)=O)CCN1C(=O)c1ccnc(N2CCOCC2)c1. The van der Waals surface area contributed by atoms with Gasteiger partial charge in [-0.05, 0) is 18.2 Å². The van der Waals surface area contributed by atoms with Crippen LogP contribution in [0.15, 0.2) is 42.6 Å². The molecule has 3 heterocycles. The van der Waals surface area contributed by atoms with E-state index in [9.17, 15) is 9.59 Å². The van der Waals surface area contributed by atoms with Gasteiger partial charge in [-0.2, -0.15) is 0 Å². The number of methoxy groups -OCH3 is 1. The van der Waals surface area contributed by atoms with Crippen molar-refractivity contribution in [3.8, 4) is 5.75 Å². The molecule has 2 fully saturated rings. The summed E-state index contributed by atoms with van der Waals surface area (Å²) in [7, 11) is 1.62. The first-order chi connectivity index (χ1) is 15.1. The average Bonchev–Trinajstić information content (AvgIpc) is 2.83. The lowest BCUT2D eigenvalue weighted by atomic mass is 10.00. The van der Waals surface area contributed by atoms with Crippen LogP contribution in [-0.4, -0.2) is 79.6 Å². The molecule has 0 unspecified atom stereocenters. The van der Waals surface area contributed by atoms with E-state index < -0.39 is 0 Å². The Morgan fingerprint density at radius 2 is 1.87 bits per heavy atom. The Kier molecular flexibility index (Phi) is 6.36. The number of para-hydroxylation sites is 1. The van der Waals surface area contributed by atoms with Gasteiger partial charge in [-0.15, -0.1) is 0 Å². The Hall–Kier alpha value is -3.13. The highest BCUT2D eigenvalue weighted by Crippen LogP contribution is 2.33. The van der Waals surface area contributed by atoms with E-state index in [2.05, 4.69) is 9.88 Å². The maximum Gasteiger partial charge on any atom is 0.254 e. The maximum absolute atomic E-state index is 13.6. The standard InChI is InChI=1S/C23H28N4O4/c1-17(28)26-9-10-27(20(16-26)19-5-3-4-6-21(19)30-2)23(29)18-7-8-24-22(15-18)25-11-13-31-14-12-25/h3-8,15,20H,9-14,16H2,1-2H3/t20-/m1/s1. The molecule has 31 heavy (non-hydrogen) atoms. The largest absolute Gasteiger partial charge is 0.496 e. The van der Waals surface area contributed by atoms with E-state index in [0.29, 0.717) is 44.2 Å². The minimum atomic E-state index is -0.290. The van der Waals surface area contributed by atoms with Gasteiger partial charge in [-0.25, -0.2) is 4.98 Å². The van der Waals surface area contributed by atoms with Crippen LogP contribution in [0.3, 0.4) is 0 Å². The highest BCUT2D eigenvalue weighted by molar-refractivity contribution is 5.95. The number of piperazine rings is 1. The van der Waals surface area contributed by atoms with Gasteiger partial charge in [0, 0.05) is 57.0 Å². The second kappa shape index (κ2) is 9.34. The first-order valence-electron chi connectivity index (χ1n) is 10.6. The third kappa shape index (κ3) is 4.49. The number of hydrogen-bond acceptors (Lipinski definition) is 6. The summed E-state index contributed by atoms with van der Waals surface area (Å²) in [6, 6.07) is 11.0. The van der Waals surface area contributed by atoms with Gasteiger partial charge < -0.3 is 24.2 Å². The first kappa shape index (κ1) is 21.1. The number of morpholine rings is 1. The second-order valence-corrected chi connectivity index (χ2v) is 7.72. The van der Waals surface area contributed by atoms with Crippen molar-refractivity contribution in [2.24, 2.45) is 0 Å². The van der Waals surface area contributed by atoms with Crippen LogP contribution in [0.4, 0.5) is 5.82 Å². The highest BCUT2D eigenvalue weighted by Gasteiger charge is 2.34. The molecule has 0 saturated carbocycles. The normalized spacial score (nSPS) is 19.3. The Morgan fingerprint density at radius 1 is 1.10 bits per heavy atom. The van der Waals surface area contributed by atoms with Crippen molar-refractivity contribution >= 4 is 17.6 Å². The van der Waals surface area contributed by atoms with Gasteiger partial charge in [0.05, 0.1) is 26.4 Å². The predicted octanol–water partition coefficient (Wildman–Crippen LogP) is 1.97. The van der Waals surface area contributed by atoms with Gasteiger partial charge in [0.25, 0.3) is 5.91 Å². The molecule has 2 aliphatic rings. The van der Waals surface area contributed by atoms with Gasteiger partial charge >= 0.3 is 0 Å². The van der Waals surface area contributed by atoms with Crippen molar-refractivity contribution in [2.75, 3.05) is 57.9 Å². The van der Waals surface area contributed by atoms with Crippen molar-refractivity contribution in [1.82, 2.24) is 14.8 Å². The Labute approximate surface area is 182 Å². The van der Waals surface area contributed by atoms with Crippen molar-refractivity contribution < 1.29 is 19.1 Å². The zero-order chi connectivity index (χ0) is 21.8. The van der Waals surface area contributed by atoms with Crippen LogP contribution in [0.25, 0.3) is 0 Å². The summed E-state index contributed by atoms with van der Waals surface area (Å²) < 4.78 is 11.0. The number of benzene rings is 1. The molecule has 2 saturated heterocycles. The monoisotopic (exact) mass is 424 g/mol. The zero-order valence-corrected chi connectivity index (χ0v) is 18.0. The van der Waals surface area contributed by atoms with Crippen LogP contribution in [-0.2, 0) is 9.53 Å². The van der Waals surface area contributed by atoms with E-state index in [1.165, 1.54) is 0 Å². The van der Waals surface area contributed by atoms with Crippen molar-refractivity contribution in [1.29, 1.82) is 0 Å². The molecule has 2 aliphatic heterocycles. The lowest BCUT2D eigenvalue weighted by Gasteiger charge is -2.42. The number of rotatable bonds is 4. The molecule has 0 N–H and O–H groups in total. The van der Waals surface area contributed by atoms with Gasteiger partial charge in [-0.3, -0.25) is 9.59 Å². The third-order valence-electron chi connectivity index (χ3n) is 5.91. The molecule has 164 valence electrons. The predicted molar refractivity (Wildman–Crippen MR) is 116 cm³/mol. The number of carbonyl (C=O) groups is 2. The van der Waals surface area contributed by atoms with Crippen molar-refractivity contribution in [2.45, 2.75) is 13.0 Å². The highest BCUT2D eigenvalue weighted by atomic mass is 16.5. The molecule has 2 aromatic rings. The molecule has 8 heteroatoms. The fraction of sp³-hybridized carbons (Fsp3) is 0.435. The van der Waals surface area contributed by atoms with Gasteiger partial charge in [0.2, 0.25) is 5.91 Å². The molecule has 0 radical (unpaired) electrons. The molecule has 1 aromatic heterocycles. The second-order valence-electron chi connectivity index (χ2n) is 7.72. The van der Waals surface area contributed by atoms with Crippen LogP contribution in [0.2, 0.25) is 0 Å². The van der Waals surface area contributed by atoms with Crippen LogP contribution >= 0.6 is 0 Å². The Morgan fingerprint density at radius 3 is 2.61 bits per heavy atom. The maximum atomic E-state index is 13.6. The van der Waals surface area contributed by atoms with Crippen LogP contribution in [0.1, 0.15) is 28.9 Å². The molecule has 0 spiro atoms. The summed E-state index contributed by atoms with van der Waals surface area (Å²) in [5, 5.41) is 0. The summed E-state index contributed by atoms with van der Waals surface area (Å²) in [4.78, 5) is 35.9. The number of carbonyl (C=O) groups excluding carboxylic acids is 2. The summed E-state index contributed by atoms with van der Waals surface area (Å²) in [5.74, 6) is 1.42. The summed E-state index contributed by atoms with van der Waals surface area (Å²) in [6.45, 7) is 5.78. The molecule has 0 aliphatic carbocycles. The molecular weight excluding hydrogens is 396 g/mol. The first-order valence-corrected chi connectivity index (χ1v) is 10.6. The fourth-order valence-corrected chi connectivity index (χ4v) is 4.20. The molecular formula is C23H28N4O4. The Balaban J connectivity index is 1.64. The minimum Gasteiger partial charge on any atom is -0.496 e. The average molecular weight is 425 g/mol. The zero-order valence-electron chi connectivity index (χ0n) is 18.0. The van der Waals surface area contributed by atoms with Crippen LogP contribution < -0.4 is 9.64 Å². The number of nitrogens with zero attached hydrogens (tertiary/aromatic N) is 4. The Bertz CT molecular complexity index is 945. The van der Waals surface area contributed by atoms with Gasteiger partial charge in [0.15, 0.2) is 0 Å². The quantitative estimate of drug-likeness (QED) is 0.747. The third-order valence-corrected chi connectivity index (χ3v) is 5.91. The van der Waals surface area contributed by atoms with Crippen molar-refractivity contribution in [3.05, 3.63) is 53.7 Å².